The molecular weight excluding hydrogens is 166 g/mol. The Labute approximate surface area is 79.7 Å². The van der Waals surface area contributed by atoms with Crippen LogP contribution in [-0.2, 0) is 0 Å². The van der Waals surface area contributed by atoms with Crippen molar-refractivity contribution in [2.24, 2.45) is 10.9 Å². The highest BCUT2D eigenvalue weighted by Gasteiger charge is 1.99. The molecule has 0 N–H and O–H groups in total. The summed E-state index contributed by atoms with van der Waals surface area (Å²) < 4.78 is 0. The maximum absolute atomic E-state index is 4.22. The van der Waals surface area contributed by atoms with Gasteiger partial charge in [0.15, 0.2) is 0 Å². The molecule has 0 radical (unpaired) electrons. The molecule has 0 bridgehead atoms. The predicted molar refractivity (Wildman–Crippen MR) is 59.7 cm³/mol. The first kappa shape index (κ1) is 11.5. The summed E-state index contributed by atoms with van der Waals surface area (Å²) in [6, 6.07) is 0. The third kappa shape index (κ3) is 4.39. The van der Waals surface area contributed by atoms with E-state index in [0.717, 1.165) is 5.03 Å². The lowest BCUT2D eigenvalue weighted by Gasteiger charge is -2.05. The van der Waals surface area contributed by atoms with Gasteiger partial charge in [0.1, 0.15) is 0 Å². The predicted octanol–water partition coefficient (Wildman–Crippen LogP) is 3.49. The van der Waals surface area contributed by atoms with E-state index in [0.29, 0.717) is 5.92 Å². The van der Waals surface area contributed by atoms with Crippen LogP contribution in [0.3, 0.4) is 0 Å². The molecule has 12 heavy (non-hydrogen) atoms. The fraction of sp³-hybridized carbons (Fsp3) is 0.500. The maximum Gasteiger partial charge on any atom is 0.0919 e. The standard InChI is InChI=1S/C10H17NS/c1-6-11-10(12-5)7-9(4)8(2)3/h6-7,9H,2H2,1,3-5H3/b10-7+,11-6-. The quantitative estimate of drug-likeness (QED) is 0.480. The second-order valence-electron chi connectivity index (χ2n) is 2.73. The normalized spacial score (nSPS) is 15.2. The zero-order valence-corrected chi connectivity index (χ0v) is 9.11. The first-order chi connectivity index (χ1) is 5.61. The molecule has 68 valence electrons. The Hall–Kier alpha value is -0.500. The minimum atomic E-state index is 0.413. The van der Waals surface area contributed by atoms with Crippen LogP contribution >= 0.6 is 11.8 Å². The van der Waals surface area contributed by atoms with Crippen molar-refractivity contribution in [1.29, 1.82) is 0 Å². The topological polar surface area (TPSA) is 12.4 Å². The Morgan fingerprint density at radius 3 is 2.50 bits per heavy atom. The molecule has 0 amide bonds. The minimum Gasteiger partial charge on any atom is -0.255 e. The van der Waals surface area contributed by atoms with E-state index < -0.39 is 0 Å². The number of hydrogen-bond acceptors (Lipinski definition) is 2. The molecule has 1 nitrogen and oxygen atoms in total. The van der Waals surface area contributed by atoms with Crippen LogP contribution in [0.1, 0.15) is 20.8 Å². The highest BCUT2D eigenvalue weighted by atomic mass is 32.2. The van der Waals surface area contributed by atoms with Crippen LogP contribution in [0.5, 0.6) is 0 Å². The number of nitrogens with zero attached hydrogens (tertiary/aromatic N) is 1. The van der Waals surface area contributed by atoms with E-state index in [2.05, 4.69) is 24.6 Å². The Kier molecular flexibility index (Phi) is 5.81. The molecule has 0 aliphatic rings. The third-order valence-electron chi connectivity index (χ3n) is 1.64. The first-order valence-electron chi connectivity index (χ1n) is 4.01. The molecule has 0 saturated heterocycles. The van der Waals surface area contributed by atoms with Crippen LogP contribution in [0.2, 0.25) is 0 Å². The van der Waals surface area contributed by atoms with Gasteiger partial charge in [0.2, 0.25) is 0 Å². The Morgan fingerprint density at radius 1 is 1.58 bits per heavy atom. The van der Waals surface area contributed by atoms with Gasteiger partial charge in [0, 0.05) is 6.21 Å². The maximum atomic E-state index is 4.22. The minimum absolute atomic E-state index is 0.413. The number of thioether (sulfide) groups is 1. The average Bonchev–Trinajstić information content (AvgIpc) is 2.03. The van der Waals surface area contributed by atoms with Crippen LogP contribution in [0.15, 0.2) is 28.2 Å². The molecule has 1 atom stereocenters. The van der Waals surface area contributed by atoms with E-state index in [-0.39, 0.29) is 0 Å². The molecule has 0 aromatic carbocycles. The smallest absolute Gasteiger partial charge is 0.0919 e. The summed E-state index contributed by atoms with van der Waals surface area (Å²) in [7, 11) is 0. The highest BCUT2D eigenvalue weighted by Crippen LogP contribution is 2.18. The molecular formula is C10H17NS. The molecule has 2 heteroatoms. The van der Waals surface area contributed by atoms with Gasteiger partial charge in [0.05, 0.1) is 5.03 Å². The van der Waals surface area contributed by atoms with Crippen molar-refractivity contribution in [2.45, 2.75) is 20.8 Å². The lowest BCUT2D eigenvalue weighted by Crippen LogP contribution is -1.90. The van der Waals surface area contributed by atoms with Gasteiger partial charge in [-0.25, -0.2) is 0 Å². The van der Waals surface area contributed by atoms with Crippen molar-refractivity contribution in [1.82, 2.24) is 0 Å². The van der Waals surface area contributed by atoms with Gasteiger partial charge in [-0.2, -0.15) is 0 Å². The van der Waals surface area contributed by atoms with Crippen LogP contribution in [0.4, 0.5) is 0 Å². The molecule has 0 aliphatic heterocycles. The molecule has 1 unspecified atom stereocenters. The lowest BCUT2D eigenvalue weighted by molar-refractivity contribution is 0.863. The van der Waals surface area contributed by atoms with Gasteiger partial charge in [-0.3, -0.25) is 4.99 Å². The summed E-state index contributed by atoms with van der Waals surface area (Å²) in [4.78, 5) is 4.22. The average molecular weight is 183 g/mol. The Bertz CT molecular complexity index is 204. The van der Waals surface area contributed by atoms with E-state index in [4.69, 9.17) is 0 Å². The molecule has 0 rings (SSSR count). The van der Waals surface area contributed by atoms with Crippen LogP contribution in [0.25, 0.3) is 0 Å². The number of hydrogen-bond donors (Lipinski definition) is 0. The van der Waals surface area contributed by atoms with Gasteiger partial charge in [-0.15, -0.1) is 11.8 Å². The zero-order chi connectivity index (χ0) is 9.56. The summed E-state index contributed by atoms with van der Waals surface area (Å²) >= 11 is 1.66. The first-order valence-corrected chi connectivity index (χ1v) is 5.24. The van der Waals surface area contributed by atoms with E-state index in [1.54, 1.807) is 11.8 Å². The Morgan fingerprint density at radius 2 is 2.17 bits per heavy atom. The van der Waals surface area contributed by atoms with Crippen LogP contribution in [0, 0.1) is 5.92 Å². The van der Waals surface area contributed by atoms with Crippen molar-refractivity contribution >= 4 is 18.0 Å². The van der Waals surface area contributed by atoms with Crippen molar-refractivity contribution in [2.75, 3.05) is 6.26 Å². The number of rotatable bonds is 4. The lowest BCUT2D eigenvalue weighted by atomic mass is 10.1. The number of aliphatic imine (C=N–C) groups is 1. The van der Waals surface area contributed by atoms with Crippen LogP contribution in [-0.4, -0.2) is 12.5 Å². The second-order valence-corrected chi connectivity index (χ2v) is 3.56. The second kappa shape index (κ2) is 6.06. The Balaban J connectivity index is 4.37. The van der Waals surface area contributed by atoms with Crippen molar-refractivity contribution < 1.29 is 0 Å². The van der Waals surface area contributed by atoms with E-state index >= 15 is 0 Å². The largest absolute Gasteiger partial charge is 0.255 e. The SMILES string of the molecule is C=C(C)C(C)/C=C(\N=C/C)SC. The molecule has 0 aromatic rings. The van der Waals surface area contributed by atoms with Crippen molar-refractivity contribution in [3.05, 3.63) is 23.3 Å². The molecule has 0 fully saturated rings. The molecule has 0 saturated carbocycles. The van der Waals surface area contributed by atoms with E-state index in [1.165, 1.54) is 5.57 Å². The monoisotopic (exact) mass is 183 g/mol. The summed E-state index contributed by atoms with van der Waals surface area (Å²) in [6.45, 7) is 9.99. The van der Waals surface area contributed by atoms with E-state index in [9.17, 15) is 0 Å². The summed E-state index contributed by atoms with van der Waals surface area (Å²) in [5.74, 6) is 0.413. The van der Waals surface area contributed by atoms with Crippen molar-refractivity contribution in [3.63, 3.8) is 0 Å². The molecule has 0 spiro atoms. The zero-order valence-electron chi connectivity index (χ0n) is 8.29. The molecule has 0 aliphatic carbocycles. The van der Waals surface area contributed by atoms with Crippen molar-refractivity contribution in [3.8, 4) is 0 Å². The van der Waals surface area contributed by atoms with Crippen LogP contribution < -0.4 is 0 Å². The van der Waals surface area contributed by atoms with Gasteiger partial charge in [-0.05, 0) is 32.1 Å². The summed E-state index contributed by atoms with van der Waals surface area (Å²) in [5, 5.41) is 1.06. The summed E-state index contributed by atoms with van der Waals surface area (Å²) in [6.07, 6.45) is 5.98. The van der Waals surface area contributed by atoms with Gasteiger partial charge < -0.3 is 0 Å². The van der Waals surface area contributed by atoms with Gasteiger partial charge >= 0.3 is 0 Å². The fourth-order valence-electron chi connectivity index (χ4n) is 0.647. The summed E-state index contributed by atoms with van der Waals surface area (Å²) in [5.41, 5.74) is 1.17. The molecule has 0 heterocycles. The van der Waals surface area contributed by atoms with E-state index in [1.807, 2.05) is 26.3 Å². The highest BCUT2D eigenvalue weighted by molar-refractivity contribution is 8.02. The molecule has 0 aromatic heterocycles. The number of allylic oxidation sites excluding steroid dienone is 2. The fourth-order valence-corrected chi connectivity index (χ4v) is 1.20. The third-order valence-corrected chi connectivity index (χ3v) is 2.30. The van der Waals surface area contributed by atoms with Gasteiger partial charge in [0.25, 0.3) is 0 Å². The van der Waals surface area contributed by atoms with Gasteiger partial charge in [-0.1, -0.05) is 19.1 Å².